The molecule has 2 radical (unpaired) electrons. The summed E-state index contributed by atoms with van der Waals surface area (Å²) in [4.78, 5) is 0. The Kier molecular flexibility index (Phi) is 12.6. The van der Waals surface area contributed by atoms with Crippen molar-refractivity contribution in [3.63, 3.8) is 0 Å². The van der Waals surface area contributed by atoms with Crippen LogP contribution in [0.4, 0.5) is 0 Å². The lowest BCUT2D eigenvalue weighted by molar-refractivity contribution is 0.461. The summed E-state index contributed by atoms with van der Waals surface area (Å²) in [5.41, 5.74) is 0. The summed E-state index contributed by atoms with van der Waals surface area (Å²) < 4.78 is 0. The van der Waals surface area contributed by atoms with Crippen molar-refractivity contribution in [1.29, 1.82) is 0 Å². The summed E-state index contributed by atoms with van der Waals surface area (Å²) in [5, 5.41) is 0. The van der Waals surface area contributed by atoms with Crippen LogP contribution in [0.1, 0.15) is 71.1 Å². The van der Waals surface area contributed by atoms with Crippen molar-refractivity contribution in [3.05, 3.63) is 26.0 Å². The van der Waals surface area contributed by atoms with Crippen LogP contribution in [0.25, 0.3) is 0 Å². The molecule has 0 aliphatic heterocycles. The standard InChI is InChI=1S/C16H30/c1-4-6-8-10-12-14-16(3)15-13-11-9-7-5-2/h8,10,16H,1-2,4-7,9,11-15H2,3H3/b10-8+. The molecular weight excluding hydrogens is 192 g/mol. The molecule has 0 aliphatic carbocycles. The lowest BCUT2D eigenvalue weighted by atomic mass is 9.97. The van der Waals surface area contributed by atoms with E-state index < -0.39 is 0 Å². The van der Waals surface area contributed by atoms with Crippen molar-refractivity contribution in [2.24, 2.45) is 5.92 Å². The van der Waals surface area contributed by atoms with Gasteiger partial charge in [0.05, 0.1) is 0 Å². The predicted octanol–water partition coefficient (Wildman–Crippen LogP) is 5.75. The highest BCUT2D eigenvalue weighted by Crippen LogP contribution is 2.16. The largest absolute Gasteiger partial charge is 0.0885 e. The van der Waals surface area contributed by atoms with Crippen molar-refractivity contribution < 1.29 is 0 Å². The van der Waals surface area contributed by atoms with E-state index in [1.54, 1.807) is 0 Å². The third kappa shape index (κ3) is 11.8. The molecule has 0 heteroatoms. The second kappa shape index (κ2) is 12.8. The van der Waals surface area contributed by atoms with Crippen LogP contribution in [0.15, 0.2) is 12.2 Å². The van der Waals surface area contributed by atoms with Gasteiger partial charge in [0.25, 0.3) is 0 Å². The minimum Gasteiger partial charge on any atom is -0.0885 e. The molecule has 0 aromatic heterocycles. The molecule has 0 rings (SSSR count). The van der Waals surface area contributed by atoms with Crippen LogP contribution in [0.2, 0.25) is 0 Å². The summed E-state index contributed by atoms with van der Waals surface area (Å²) in [6.45, 7) is 10.1. The van der Waals surface area contributed by atoms with Gasteiger partial charge in [0.15, 0.2) is 0 Å². The van der Waals surface area contributed by atoms with Gasteiger partial charge in [-0.1, -0.05) is 71.4 Å². The lowest BCUT2D eigenvalue weighted by Crippen LogP contribution is -1.93. The maximum absolute atomic E-state index is 3.87. The van der Waals surface area contributed by atoms with Gasteiger partial charge in [-0.05, 0) is 31.6 Å². The quantitative estimate of drug-likeness (QED) is 0.308. The zero-order valence-corrected chi connectivity index (χ0v) is 11.2. The van der Waals surface area contributed by atoms with E-state index in [0.717, 1.165) is 25.2 Å². The van der Waals surface area contributed by atoms with Crippen LogP contribution in [0.5, 0.6) is 0 Å². The number of hydrogen-bond acceptors (Lipinski definition) is 0. The summed E-state index contributed by atoms with van der Waals surface area (Å²) >= 11 is 0. The summed E-state index contributed by atoms with van der Waals surface area (Å²) in [6.07, 6.45) is 17.4. The maximum Gasteiger partial charge on any atom is -0.0348 e. The number of allylic oxidation sites excluding steroid dienone is 2. The molecule has 0 nitrogen and oxygen atoms in total. The zero-order chi connectivity index (χ0) is 12.1. The number of unbranched alkanes of at least 4 members (excludes halogenated alkanes) is 5. The van der Waals surface area contributed by atoms with E-state index in [4.69, 9.17) is 0 Å². The van der Waals surface area contributed by atoms with Crippen LogP contribution >= 0.6 is 0 Å². The fraction of sp³-hybridized carbons (Fsp3) is 0.750. The van der Waals surface area contributed by atoms with Gasteiger partial charge in [-0.3, -0.25) is 0 Å². The Labute approximate surface area is 104 Å². The third-order valence-corrected chi connectivity index (χ3v) is 3.06. The average molecular weight is 222 g/mol. The molecule has 0 saturated heterocycles. The Balaban J connectivity index is 3.21. The SMILES string of the molecule is [CH2]CC/C=C/CCC(C)CCCCCC[CH2]. The van der Waals surface area contributed by atoms with Crippen LogP contribution in [-0.2, 0) is 0 Å². The van der Waals surface area contributed by atoms with Gasteiger partial charge in [-0.2, -0.15) is 0 Å². The van der Waals surface area contributed by atoms with Crippen molar-refractivity contribution >= 4 is 0 Å². The second-order valence-corrected chi connectivity index (χ2v) is 4.85. The van der Waals surface area contributed by atoms with E-state index in [0.29, 0.717) is 0 Å². The smallest absolute Gasteiger partial charge is 0.0348 e. The van der Waals surface area contributed by atoms with E-state index in [1.165, 1.54) is 44.9 Å². The molecular formula is C16H30. The first-order chi connectivity index (χ1) is 7.81. The van der Waals surface area contributed by atoms with Crippen LogP contribution in [0.3, 0.4) is 0 Å². The van der Waals surface area contributed by atoms with Gasteiger partial charge in [0, 0.05) is 0 Å². The van der Waals surface area contributed by atoms with Crippen LogP contribution in [0, 0.1) is 19.8 Å². The van der Waals surface area contributed by atoms with Gasteiger partial charge in [-0.25, -0.2) is 0 Å². The molecule has 1 unspecified atom stereocenters. The van der Waals surface area contributed by atoms with E-state index in [-0.39, 0.29) is 0 Å². The van der Waals surface area contributed by atoms with Gasteiger partial charge >= 0.3 is 0 Å². The zero-order valence-electron chi connectivity index (χ0n) is 11.2. The fourth-order valence-electron chi connectivity index (χ4n) is 1.90. The second-order valence-electron chi connectivity index (χ2n) is 4.85. The van der Waals surface area contributed by atoms with Crippen LogP contribution in [-0.4, -0.2) is 0 Å². The Hall–Kier alpha value is -0.260. The Bertz CT molecular complexity index is 146. The minimum atomic E-state index is 0.893. The normalized spacial score (nSPS) is 13.4. The monoisotopic (exact) mass is 222 g/mol. The summed E-state index contributed by atoms with van der Waals surface area (Å²) in [5.74, 6) is 0.893. The van der Waals surface area contributed by atoms with Crippen molar-refractivity contribution in [2.75, 3.05) is 0 Å². The molecule has 0 spiro atoms. The molecule has 1 atom stereocenters. The molecule has 16 heavy (non-hydrogen) atoms. The molecule has 0 fully saturated rings. The van der Waals surface area contributed by atoms with E-state index >= 15 is 0 Å². The van der Waals surface area contributed by atoms with Gasteiger partial charge in [0.2, 0.25) is 0 Å². The first-order valence-corrected chi connectivity index (χ1v) is 7.04. The first kappa shape index (κ1) is 15.7. The summed E-state index contributed by atoms with van der Waals surface area (Å²) in [7, 11) is 0. The molecule has 0 aliphatic rings. The van der Waals surface area contributed by atoms with Crippen LogP contribution < -0.4 is 0 Å². The third-order valence-electron chi connectivity index (χ3n) is 3.06. The van der Waals surface area contributed by atoms with Crippen molar-refractivity contribution in [1.82, 2.24) is 0 Å². The van der Waals surface area contributed by atoms with E-state index in [9.17, 15) is 0 Å². The van der Waals surface area contributed by atoms with Crippen molar-refractivity contribution in [2.45, 2.75) is 71.1 Å². The number of rotatable bonds is 11. The van der Waals surface area contributed by atoms with E-state index in [2.05, 4.69) is 32.9 Å². The van der Waals surface area contributed by atoms with Gasteiger partial charge in [0.1, 0.15) is 0 Å². The fourth-order valence-corrected chi connectivity index (χ4v) is 1.90. The first-order valence-electron chi connectivity index (χ1n) is 7.04. The van der Waals surface area contributed by atoms with Gasteiger partial charge in [-0.15, -0.1) is 0 Å². The molecule has 0 saturated carbocycles. The Morgan fingerprint density at radius 3 is 2.19 bits per heavy atom. The molecule has 0 N–H and O–H groups in total. The predicted molar refractivity (Wildman–Crippen MR) is 75.2 cm³/mol. The molecule has 0 heterocycles. The molecule has 0 amide bonds. The maximum atomic E-state index is 3.87. The van der Waals surface area contributed by atoms with Crippen molar-refractivity contribution in [3.8, 4) is 0 Å². The lowest BCUT2D eigenvalue weighted by Gasteiger charge is -2.09. The molecule has 0 aromatic rings. The summed E-state index contributed by atoms with van der Waals surface area (Å²) in [6, 6.07) is 0. The highest BCUT2D eigenvalue weighted by Gasteiger charge is 2.00. The average Bonchev–Trinajstić information content (AvgIpc) is 2.28. The Morgan fingerprint density at radius 2 is 1.50 bits per heavy atom. The number of hydrogen-bond donors (Lipinski definition) is 0. The molecule has 0 aromatic carbocycles. The topological polar surface area (TPSA) is 0 Å². The van der Waals surface area contributed by atoms with Gasteiger partial charge < -0.3 is 0 Å². The Morgan fingerprint density at radius 1 is 0.812 bits per heavy atom. The van der Waals surface area contributed by atoms with E-state index in [1.807, 2.05) is 0 Å². The highest BCUT2D eigenvalue weighted by atomic mass is 14.1. The molecule has 94 valence electrons. The molecule has 0 bridgehead atoms. The highest BCUT2D eigenvalue weighted by molar-refractivity contribution is 4.82. The minimum absolute atomic E-state index is 0.893.